The Morgan fingerprint density at radius 1 is 1.03 bits per heavy atom. The fourth-order valence-electron chi connectivity index (χ4n) is 3.49. The second-order valence-electron chi connectivity index (χ2n) is 7.48. The van der Waals surface area contributed by atoms with Crippen LogP contribution in [0.25, 0.3) is 22.3 Å². The molecule has 0 fully saturated rings. The topological polar surface area (TPSA) is 90.4 Å². The zero-order valence-corrected chi connectivity index (χ0v) is 17.3. The molecule has 0 amide bonds. The maximum Gasteiger partial charge on any atom is 0.197 e. The van der Waals surface area contributed by atoms with Gasteiger partial charge in [0.1, 0.15) is 46.3 Å². The van der Waals surface area contributed by atoms with Crippen molar-refractivity contribution < 1.29 is 18.7 Å². The molecule has 8 heteroatoms. The van der Waals surface area contributed by atoms with Crippen molar-refractivity contribution in [2.24, 2.45) is 0 Å². The standard InChI is InChI=1S/C25H18FN3O4/c26-18-8-6-16(7-9-18)13-29-14-19(27-28-29)15-32-20-10-21(30)25-22(31)12-23(33-24(25)11-20)17-4-2-1-3-5-17/h1-12,14,30H,13,15H2. The number of nitrogens with zero attached hydrogens (tertiary/aromatic N) is 3. The van der Waals surface area contributed by atoms with E-state index >= 15 is 0 Å². The minimum Gasteiger partial charge on any atom is -0.507 e. The number of fused-ring (bicyclic) bond motifs is 1. The van der Waals surface area contributed by atoms with Crippen molar-refractivity contribution in [1.29, 1.82) is 0 Å². The van der Waals surface area contributed by atoms with Gasteiger partial charge in [-0.2, -0.15) is 0 Å². The number of phenolic OH excluding ortho intramolecular Hbond substituents is 1. The number of benzene rings is 3. The molecule has 3 aromatic carbocycles. The van der Waals surface area contributed by atoms with Gasteiger partial charge in [0.2, 0.25) is 0 Å². The van der Waals surface area contributed by atoms with Crippen molar-refractivity contribution in [3.8, 4) is 22.8 Å². The Kier molecular flexibility index (Phi) is 5.32. The highest BCUT2D eigenvalue weighted by Gasteiger charge is 2.13. The van der Waals surface area contributed by atoms with E-state index in [2.05, 4.69) is 10.3 Å². The Labute approximate surface area is 187 Å². The molecule has 0 aliphatic heterocycles. The number of phenols is 1. The third-order valence-electron chi connectivity index (χ3n) is 5.07. The highest BCUT2D eigenvalue weighted by molar-refractivity contribution is 5.86. The molecule has 7 nitrogen and oxygen atoms in total. The van der Waals surface area contributed by atoms with Gasteiger partial charge < -0.3 is 14.3 Å². The van der Waals surface area contributed by atoms with Crippen molar-refractivity contribution in [3.63, 3.8) is 0 Å². The Morgan fingerprint density at radius 2 is 1.82 bits per heavy atom. The number of aromatic nitrogens is 3. The molecule has 164 valence electrons. The lowest BCUT2D eigenvalue weighted by molar-refractivity contribution is 0.299. The number of hydrogen-bond acceptors (Lipinski definition) is 6. The summed E-state index contributed by atoms with van der Waals surface area (Å²) in [5.74, 6) is 0.197. The Morgan fingerprint density at radius 3 is 2.61 bits per heavy atom. The van der Waals surface area contributed by atoms with E-state index in [0.717, 1.165) is 11.1 Å². The smallest absolute Gasteiger partial charge is 0.197 e. The molecule has 0 spiro atoms. The van der Waals surface area contributed by atoms with Crippen molar-refractivity contribution in [2.45, 2.75) is 13.2 Å². The summed E-state index contributed by atoms with van der Waals surface area (Å²) < 4.78 is 26.3. The van der Waals surface area contributed by atoms with Crippen molar-refractivity contribution in [3.05, 3.63) is 106 Å². The largest absolute Gasteiger partial charge is 0.507 e. The van der Waals surface area contributed by atoms with Gasteiger partial charge in [-0.15, -0.1) is 5.10 Å². The summed E-state index contributed by atoms with van der Waals surface area (Å²) in [7, 11) is 0. The summed E-state index contributed by atoms with van der Waals surface area (Å²) >= 11 is 0. The summed E-state index contributed by atoms with van der Waals surface area (Å²) in [6, 6.07) is 19.7. The molecule has 2 heterocycles. The van der Waals surface area contributed by atoms with Crippen LogP contribution in [0.15, 0.2) is 88.2 Å². The minimum atomic E-state index is -0.345. The van der Waals surface area contributed by atoms with Gasteiger partial charge in [0, 0.05) is 23.8 Å². The molecule has 1 N–H and O–H groups in total. The predicted molar refractivity (Wildman–Crippen MR) is 119 cm³/mol. The van der Waals surface area contributed by atoms with Gasteiger partial charge >= 0.3 is 0 Å². The molecule has 0 unspecified atom stereocenters. The SMILES string of the molecule is O=c1cc(-c2ccccc2)oc2cc(OCc3cn(Cc4ccc(F)cc4)nn3)cc(O)c12. The van der Waals surface area contributed by atoms with E-state index in [9.17, 15) is 14.3 Å². The Balaban J connectivity index is 1.35. The molecular weight excluding hydrogens is 425 g/mol. The van der Waals surface area contributed by atoms with E-state index in [1.807, 2.05) is 30.3 Å². The van der Waals surface area contributed by atoms with Gasteiger partial charge in [-0.25, -0.2) is 9.07 Å². The lowest BCUT2D eigenvalue weighted by Crippen LogP contribution is -2.02. The van der Waals surface area contributed by atoms with Crippen LogP contribution in [0.4, 0.5) is 4.39 Å². The summed E-state index contributed by atoms with van der Waals surface area (Å²) in [4.78, 5) is 12.6. The van der Waals surface area contributed by atoms with Crippen molar-refractivity contribution in [1.82, 2.24) is 15.0 Å². The zero-order valence-electron chi connectivity index (χ0n) is 17.3. The normalized spacial score (nSPS) is 11.1. The van der Waals surface area contributed by atoms with Gasteiger partial charge in [-0.1, -0.05) is 47.7 Å². The molecule has 33 heavy (non-hydrogen) atoms. The maximum atomic E-state index is 13.1. The second-order valence-corrected chi connectivity index (χ2v) is 7.48. The average Bonchev–Trinajstić information content (AvgIpc) is 3.26. The molecule has 0 saturated carbocycles. The fourth-order valence-corrected chi connectivity index (χ4v) is 3.49. The maximum absolute atomic E-state index is 13.1. The van der Waals surface area contributed by atoms with E-state index < -0.39 is 0 Å². The van der Waals surface area contributed by atoms with E-state index in [0.29, 0.717) is 23.7 Å². The lowest BCUT2D eigenvalue weighted by Gasteiger charge is -2.08. The molecule has 0 bridgehead atoms. The second kappa shape index (κ2) is 8.58. The Bertz CT molecular complexity index is 1480. The van der Waals surface area contributed by atoms with Gasteiger partial charge in [0.25, 0.3) is 0 Å². The first-order chi connectivity index (χ1) is 16.0. The highest BCUT2D eigenvalue weighted by Crippen LogP contribution is 2.31. The van der Waals surface area contributed by atoms with Crippen molar-refractivity contribution in [2.75, 3.05) is 0 Å². The van der Waals surface area contributed by atoms with E-state index in [1.54, 1.807) is 29.1 Å². The predicted octanol–water partition coefficient (Wildman–Crippen LogP) is 4.52. The molecule has 5 rings (SSSR count). The van der Waals surface area contributed by atoms with E-state index in [1.165, 1.54) is 24.3 Å². The fraction of sp³-hybridized carbons (Fsp3) is 0.0800. The summed E-state index contributed by atoms with van der Waals surface area (Å²) in [6.45, 7) is 0.536. The molecular formula is C25H18FN3O4. The molecule has 0 aliphatic carbocycles. The first kappa shape index (κ1) is 20.4. The van der Waals surface area contributed by atoms with Gasteiger partial charge in [-0.05, 0) is 17.7 Å². The third kappa shape index (κ3) is 4.45. The molecule has 0 radical (unpaired) electrons. The zero-order chi connectivity index (χ0) is 22.8. The number of hydrogen-bond donors (Lipinski definition) is 1. The number of ether oxygens (including phenoxy) is 1. The van der Waals surface area contributed by atoms with E-state index in [4.69, 9.17) is 9.15 Å². The molecule has 5 aromatic rings. The number of aromatic hydroxyl groups is 1. The van der Waals surface area contributed by atoms with Gasteiger partial charge in [0.15, 0.2) is 5.43 Å². The molecule has 0 saturated heterocycles. The number of rotatable bonds is 6. The Hall–Kier alpha value is -4.46. The van der Waals surface area contributed by atoms with Crippen LogP contribution in [0, 0.1) is 5.82 Å². The molecule has 2 aromatic heterocycles. The third-order valence-corrected chi connectivity index (χ3v) is 5.07. The molecule has 0 atom stereocenters. The highest BCUT2D eigenvalue weighted by atomic mass is 19.1. The minimum absolute atomic E-state index is 0.0901. The average molecular weight is 443 g/mol. The first-order valence-electron chi connectivity index (χ1n) is 10.2. The van der Waals surface area contributed by atoms with Crippen LogP contribution in [0.2, 0.25) is 0 Å². The van der Waals surface area contributed by atoms with Crippen LogP contribution < -0.4 is 10.2 Å². The van der Waals surface area contributed by atoms with Crippen LogP contribution >= 0.6 is 0 Å². The summed E-state index contributed by atoms with van der Waals surface area (Å²) in [5, 5.41) is 18.6. The molecule has 0 aliphatic rings. The first-order valence-corrected chi connectivity index (χ1v) is 10.2. The van der Waals surface area contributed by atoms with Gasteiger partial charge in [-0.3, -0.25) is 4.79 Å². The summed E-state index contributed by atoms with van der Waals surface area (Å²) in [6.07, 6.45) is 1.72. The number of halogens is 1. The lowest BCUT2D eigenvalue weighted by atomic mass is 10.1. The van der Waals surface area contributed by atoms with Crippen LogP contribution in [-0.2, 0) is 13.2 Å². The van der Waals surface area contributed by atoms with Crippen LogP contribution in [0.3, 0.4) is 0 Å². The summed E-state index contributed by atoms with van der Waals surface area (Å²) in [5.41, 5.74) is 2.08. The monoisotopic (exact) mass is 443 g/mol. The quantitative estimate of drug-likeness (QED) is 0.415. The van der Waals surface area contributed by atoms with E-state index in [-0.39, 0.29) is 34.6 Å². The van der Waals surface area contributed by atoms with Crippen LogP contribution in [0.1, 0.15) is 11.3 Å². The van der Waals surface area contributed by atoms with Crippen molar-refractivity contribution >= 4 is 11.0 Å². The van der Waals surface area contributed by atoms with Crippen LogP contribution in [-0.4, -0.2) is 20.1 Å². The van der Waals surface area contributed by atoms with Crippen LogP contribution in [0.5, 0.6) is 11.5 Å². The van der Waals surface area contributed by atoms with Gasteiger partial charge in [0.05, 0.1) is 12.7 Å².